The van der Waals surface area contributed by atoms with Crippen molar-refractivity contribution in [3.8, 4) is 0 Å². The van der Waals surface area contributed by atoms with E-state index >= 15 is 0 Å². The minimum atomic E-state index is -5.48. The summed E-state index contributed by atoms with van der Waals surface area (Å²) in [7, 11) is -10.9. The Labute approximate surface area is 436 Å². The molecule has 5 aliphatic rings. The smallest absolute Gasteiger partial charge is 0.470 e. The van der Waals surface area contributed by atoms with Crippen molar-refractivity contribution in [2.75, 3.05) is 33.0 Å². The van der Waals surface area contributed by atoms with Crippen LogP contribution >= 0.6 is 7.82 Å². The minimum absolute atomic E-state index is 0.825. The Hall–Kier alpha value is -3.19. The van der Waals surface area contributed by atoms with Gasteiger partial charge in [0.1, 0.15) is 122 Å². The van der Waals surface area contributed by atoms with E-state index in [1.54, 1.807) is 0 Å². The maximum atomic E-state index is 12.8. The van der Waals surface area contributed by atoms with Crippen molar-refractivity contribution in [3.63, 3.8) is 0 Å². The lowest BCUT2D eigenvalue weighted by Crippen LogP contribution is -2.70. The first-order chi connectivity index (χ1) is 36.3. The fourth-order valence-electron chi connectivity index (χ4n) is 8.46. The van der Waals surface area contributed by atoms with Crippen LogP contribution in [0, 0.1) is 0 Å². The van der Waals surface area contributed by atoms with Crippen molar-refractivity contribution >= 4 is 36.1 Å². The van der Waals surface area contributed by atoms with Gasteiger partial charge in [-0.15, -0.1) is 0 Å². The minimum Gasteiger partial charge on any atom is -0.506 e. The predicted molar refractivity (Wildman–Crippen MR) is 229 cm³/mol. The van der Waals surface area contributed by atoms with Gasteiger partial charge in [0.2, 0.25) is 18.0 Å². The number of rotatable bonds is 24. The van der Waals surface area contributed by atoms with E-state index in [1.807, 2.05) is 0 Å². The predicted octanol–water partition coefficient (Wildman–Crippen LogP) is -12.5. The zero-order chi connectivity index (χ0) is 58.6. The van der Waals surface area contributed by atoms with Gasteiger partial charge in [0.05, 0.1) is 33.0 Å². The molecule has 21 N–H and O–H groups in total. The molecule has 4 fully saturated rings. The highest BCUT2D eigenvalue weighted by Gasteiger charge is 2.58. The summed E-state index contributed by atoms with van der Waals surface area (Å²) < 4.78 is 107. The van der Waals surface area contributed by atoms with Crippen LogP contribution in [0.5, 0.6) is 0 Å². The lowest BCUT2D eigenvalue weighted by Gasteiger charge is -2.49. The Kier molecular flexibility index (Phi) is 22.9. The topological polar surface area (TPSA) is 630 Å². The van der Waals surface area contributed by atoms with E-state index in [-0.39, 0.29) is 0 Å². The number of carbonyl (C=O) groups is 3. The SMILES string of the molecule is CC(=O)N[C@H]1[C@H](O[C@H]2[C@H](O)[C@@H](O)[C@H](O[C@H]3[C@@H](O)[C@@H](CO)O[C@@H](O[C@H]4[C@@H](O)[C@@H](CO)O[C@@H](O[C@@H]([C@H](O)CO)[C@H](CO)OP(=O)(O)O)[C@@H]4O)[C@@H]3O)O[C@@H]2C(=O)O)O[C@H](COS(=O)(=O)O)[C@H](O)[C@@H]1O[C@@H]1OC(C(=O)O)=C(O)[C@H](O)[C@H]1O. The first-order valence-corrected chi connectivity index (χ1v) is 25.5. The summed E-state index contributed by atoms with van der Waals surface area (Å²) in [5, 5.41) is 182. The average molecular weight is 1190 g/mol. The van der Waals surface area contributed by atoms with Crippen LogP contribution in [0.1, 0.15) is 6.92 Å². The number of phosphoric acid groups is 1. The second kappa shape index (κ2) is 27.3. The molecule has 0 spiro atoms. The van der Waals surface area contributed by atoms with Gasteiger partial charge in [-0.05, 0) is 0 Å². The van der Waals surface area contributed by atoms with E-state index in [2.05, 4.69) is 14.0 Å². The third-order valence-corrected chi connectivity index (χ3v) is 13.2. The zero-order valence-electron chi connectivity index (χ0n) is 39.7. The molecule has 78 heavy (non-hydrogen) atoms. The number of hydrogen-bond acceptors (Lipinski definition) is 33. The molecule has 41 heteroatoms. The molecule has 0 radical (unpaired) electrons. The van der Waals surface area contributed by atoms with Gasteiger partial charge in [0.15, 0.2) is 37.0 Å². The van der Waals surface area contributed by atoms with E-state index in [9.17, 15) is 129 Å². The number of aliphatic hydroxyl groups is 15. The van der Waals surface area contributed by atoms with E-state index in [4.69, 9.17) is 47.4 Å². The third kappa shape index (κ3) is 15.5. The molecule has 5 heterocycles. The molecule has 452 valence electrons. The van der Waals surface area contributed by atoms with Gasteiger partial charge in [-0.2, -0.15) is 8.42 Å². The summed E-state index contributed by atoms with van der Waals surface area (Å²) in [5.41, 5.74) is 0. The summed E-state index contributed by atoms with van der Waals surface area (Å²) in [5.74, 6) is -8.02. The number of carboxylic acid groups (broad SMARTS) is 2. The molecule has 39 nitrogen and oxygen atoms in total. The van der Waals surface area contributed by atoms with Gasteiger partial charge in [-0.25, -0.2) is 18.3 Å². The summed E-state index contributed by atoms with van der Waals surface area (Å²) >= 11 is 0. The van der Waals surface area contributed by atoms with Gasteiger partial charge in [0.25, 0.3) is 0 Å². The highest BCUT2D eigenvalue weighted by Crippen LogP contribution is 2.40. The van der Waals surface area contributed by atoms with E-state index in [1.165, 1.54) is 0 Å². The molecule has 0 aliphatic carbocycles. The number of nitrogens with one attached hydrogen (secondary N) is 1. The van der Waals surface area contributed by atoms with Crippen LogP contribution in [0.4, 0.5) is 0 Å². The van der Waals surface area contributed by atoms with Crippen molar-refractivity contribution in [3.05, 3.63) is 11.5 Å². The van der Waals surface area contributed by atoms with Crippen LogP contribution in [0.2, 0.25) is 0 Å². The number of ether oxygens (including phenoxy) is 10. The molecular weight excluding hydrogens is 1130 g/mol. The number of carboxylic acids is 2. The Balaban J connectivity index is 1.42. The standard InChI is InChI=1S/C37H60NO38PS/c1-7(43)38-13-25(70-34-20(51)17(48)18(49)29(74-34)31(55)56)16(47)12(6-65-78(62,63)64)68-33(13)73-28-19(50)21(52)35(75-30(28)32(57)58)71-26-14(45)10(4-41)67-37(23(26)54)72-27-15(46)9(3-40)66-36(22(27)53)69-24(8(44)2-39)11(5-42)76-77(59,60)61/h8-17,19-28,30,33-37,39-42,44-54H,2-6H2,1H3,(H,38,43)(H,55,56)(H,57,58)(H2,59,60,61)(H,62,63,64)/t8-,9-,10-,11+,12-,13-,14+,15+,16+,17+,19-,20-,21-,22-,23-,24+,25-,26+,27+,28+,30+,33+,34-,35-,36+,37+/m1/s1. The molecule has 26 atom stereocenters. The van der Waals surface area contributed by atoms with E-state index in [0.717, 1.165) is 6.92 Å². The Morgan fingerprint density at radius 2 is 1.15 bits per heavy atom. The molecular formula is C37H60NO38PS. The monoisotopic (exact) mass is 1190 g/mol. The molecule has 5 rings (SSSR count). The van der Waals surface area contributed by atoms with Crippen LogP contribution in [0.15, 0.2) is 11.5 Å². The van der Waals surface area contributed by atoms with E-state index in [0.29, 0.717) is 0 Å². The summed E-state index contributed by atoms with van der Waals surface area (Å²) in [6, 6.07) is -2.11. The van der Waals surface area contributed by atoms with Crippen molar-refractivity contribution in [1.29, 1.82) is 0 Å². The van der Waals surface area contributed by atoms with Gasteiger partial charge in [-0.1, -0.05) is 0 Å². The highest BCUT2D eigenvalue weighted by molar-refractivity contribution is 7.80. The Bertz CT molecular complexity index is 2210. The van der Waals surface area contributed by atoms with Crippen molar-refractivity contribution in [2.45, 2.75) is 166 Å². The van der Waals surface area contributed by atoms with Crippen LogP contribution in [0.25, 0.3) is 0 Å². The number of hydrogen-bond donors (Lipinski definition) is 21. The number of aliphatic carboxylic acids is 2. The van der Waals surface area contributed by atoms with Crippen molar-refractivity contribution in [2.24, 2.45) is 0 Å². The number of phosphoric ester groups is 1. The molecule has 4 saturated heterocycles. The van der Waals surface area contributed by atoms with Crippen LogP contribution in [0.3, 0.4) is 0 Å². The zero-order valence-corrected chi connectivity index (χ0v) is 41.4. The van der Waals surface area contributed by atoms with Gasteiger partial charge in [-0.3, -0.25) is 13.9 Å². The molecule has 0 unspecified atom stereocenters. The van der Waals surface area contributed by atoms with Gasteiger partial charge < -0.3 is 149 Å². The average Bonchev–Trinajstić information content (AvgIpc) is 3.45. The van der Waals surface area contributed by atoms with Crippen molar-refractivity contribution < 1.29 is 185 Å². The van der Waals surface area contributed by atoms with Crippen LogP contribution < -0.4 is 5.32 Å². The third-order valence-electron chi connectivity index (χ3n) is 12.2. The van der Waals surface area contributed by atoms with Gasteiger partial charge in [0, 0.05) is 6.92 Å². The number of amides is 1. The molecule has 1 amide bonds. The fourth-order valence-corrected chi connectivity index (χ4v) is 9.31. The van der Waals surface area contributed by atoms with Crippen molar-refractivity contribution in [1.82, 2.24) is 5.32 Å². The lowest BCUT2D eigenvalue weighted by atomic mass is 9.94. The first kappa shape index (κ1) is 65.6. The normalized spacial score (nSPS) is 41.1. The largest absolute Gasteiger partial charge is 0.506 e. The maximum absolute atomic E-state index is 12.8. The summed E-state index contributed by atoms with van der Waals surface area (Å²) in [6.45, 7) is -5.46. The second-order valence-electron chi connectivity index (χ2n) is 17.6. The molecule has 0 bridgehead atoms. The van der Waals surface area contributed by atoms with Crippen LogP contribution in [-0.4, -0.2) is 320 Å². The molecule has 5 aliphatic heterocycles. The molecule has 0 aromatic rings. The van der Waals surface area contributed by atoms with Crippen LogP contribution in [-0.2, 0) is 85.4 Å². The summed E-state index contributed by atoms with van der Waals surface area (Å²) in [6.07, 6.45) is -58.0. The Morgan fingerprint density at radius 3 is 1.64 bits per heavy atom. The highest BCUT2D eigenvalue weighted by atomic mass is 32.3. The van der Waals surface area contributed by atoms with Gasteiger partial charge >= 0.3 is 30.2 Å². The quantitative estimate of drug-likeness (QED) is 0.0315. The number of aliphatic hydroxyl groups excluding tert-OH is 15. The maximum Gasteiger partial charge on any atom is 0.470 e. The summed E-state index contributed by atoms with van der Waals surface area (Å²) in [4.78, 5) is 55.8. The number of carbonyl (C=O) groups excluding carboxylic acids is 1. The lowest BCUT2D eigenvalue weighted by molar-refractivity contribution is -0.388. The second-order valence-corrected chi connectivity index (χ2v) is 19.9. The molecule has 0 aromatic heterocycles. The first-order valence-electron chi connectivity index (χ1n) is 22.6. The fraction of sp³-hybridized carbons (Fsp3) is 0.865. The molecule has 0 saturated carbocycles. The molecule has 0 aromatic carbocycles. The van der Waals surface area contributed by atoms with E-state index < -0.39 is 240 Å². The Morgan fingerprint density at radius 1 is 0.654 bits per heavy atom.